The highest BCUT2D eigenvalue weighted by Gasteiger charge is 2.20. The summed E-state index contributed by atoms with van der Waals surface area (Å²) in [4.78, 5) is 16.4. The second-order valence-electron chi connectivity index (χ2n) is 4.00. The lowest BCUT2D eigenvalue weighted by Gasteiger charge is -2.13. The highest BCUT2D eigenvalue weighted by atomic mass is 16.5. The van der Waals surface area contributed by atoms with E-state index in [-0.39, 0.29) is 11.6 Å². The number of allylic oxidation sites excluding steroid dienone is 3. The number of nitrogen functional groups attached to an aromatic ring is 1. The first kappa shape index (κ1) is 15.2. The number of ketones is 1. The fourth-order valence-electron chi connectivity index (χ4n) is 1.61. The van der Waals surface area contributed by atoms with Crippen molar-refractivity contribution < 1.29 is 10.0 Å². The largest absolute Gasteiger partial charge is 0.410 e. The van der Waals surface area contributed by atoms with Crippen molar-refractivity contribution in [3.05, 3.63) is 42.3 Å². The summed E-state index contributed by atoms with van der Waals surface area (Å²) in [5.74, 6) is -0.0896. The van der Waals surface area contributed by atoms with Crippen LogP contribution in [0.4, 0.5) is 11.5 Å². The number of carbonyl (C=O) groups excluding carboxylic acids is 1. The van der Waals surface area contributed by atoms with Crippen LogP contribution in [-0.2, 0) is 4.79 Å². The zero-order chi connectivity index (χ0) is 15.4. The summed E-state index contributed by atoms with van der Waals surface area (Å²) in [7, 11) is 0. The average Bonchev–Trinajstić information content (AvgIpc) is 2.76. The summed E-state index contributed by atoms with van der Waals surface area (Å²) < 4.78 is 0. The van der Waals surface area contributed by atoms with E-state index in [1.54, 1.807) is 19.9 Å². The molecule has 0 atom stereocenters. The van der Waals surface area contributed by atoms with Crippen molar-refractivity contribution in [1.82, 2.24) is 9.94 Å². The van der Waals surface area contributed by atoms with Crippen molar-refractivity contribution in [2.75, 3.05) is 5.73 Å². The second-order valence-corrected chi connectivity index (χ2v) is 4.00. The molecule has 1 aromatic rings. The maximum atomic E-state index is 11.7. The molecule has 106 valence electrons. The molecule has 7 nitrogen and oxygen atoms in total. The molecule has 0 fully saturated rings. The zero-order valence-electron chi connectivity index (χ0n) is 11.4. The first-order chi connectivity index (χ1) is 9.41. The summed E-state index contributed by atoms with van der Waals surface area (Å²) >= 11 is 0. The van der Waals surface area contributed by atoms with E-state index in [4.69, 9.17) is 11.5 Å². The molecule has 1 heterocycles. The van der Waals surface area contributed by atoms with Gasteiger partial charge in [-0.3, -0.25) is 4.79 Å². The Morgan fingerprint density at radius 2 is 1.95 bits per heavy atom. The number of aliphatic imine (C=N–C) groups is 1. The molecule has 0 aromatic carbocycles. The third kappa shape index (κ3) is 2.61. The Kier molecular flexibility index (Phi) is 4.47. The molecular formula is C13H17N5O2. The van der Waals surface area contributed by atoms with Gasteiger partial charge in [0.25, 0.3) is 0 Å². The summed E-state index contributed by atoms with van der Waals surface area (Å²) in [6.45, 7) is 9.33. The minimum absolute atomic E-state index is 0.0101. The van der Waals surface area contributed by atoms with Gasteiger partial charge in [0.2, 0.25) is 0 Å². The molecule has 0 unspecified atom stereocenters. The lowest BCUT2D eigenvalue weighted by Crippen LogP contribution is -2.21. The van der Waals surface area contributed by atoms with Crippen molar-refractivity contribution in [3.63, 3.8) is 0 Å². The van der Waals surface area contributed by atoms with Crippen LogP contribution in [0.1, 0.15) is 13.8 Å². The quantitative estimate of drug-likeness (QED) is 0.406. The van der Waals surface area contributed by atoms with Crippen LogP contribution in [0.2, 0.25) is 0 Å². The summed E-state index contributed by atoms with van der Waals surface area (Å²) in [5, 5.41) is 12.7. The molecule has 1 aromatic heterocycles. The third-order valence-electron chi connectivity index (χ3n) is 2.74. The number of rotatable bonds is 1. The molecule has 2 rings (SSSR count). The van der Waals surface area contributed by atoms with Gasteiger partial charge in [-0.2, -0.15) is 0 Å². The number of nitrogens with zero attached hydrogens (tertiary/aromatic N) is 3. The SMILES string of the molecule is C=C.CC1=CC(=Nc2cnn(O)c2N)C(N)=C(C)C1=O. The molecule has 0 aliphatic heterocycles. The normalized spacial score (nSPS) is 16.8. The van der Waals surface area contributed by atoms with Gasteiger partial charge in [-0.15, -0.1) is 18.3 Å². The van der Waals surface area contributed by atoms with Crippen molar-refractivity contribution >= 4 is 23.0 Å². The van der Waals surface area contributed by atoms with E-state index in [0.717, 1.165) is 0 Å². The van der Waals surface area contributed by atoms with Crippen molar-refractivity contribution in [3.8, 4) is 0 Å². The molecule has 5 N–H and O–H groups in total. The first-order valence-corrected chi connectivity index (χ1v) is 5.73. The molecule has 0 radical (unpaired) electrons. The lowest BCUT2D eigenvalue weighted by molar-refractivity contribution is -0.112. The number of aromatic nitrogens is 2. The number of hydrogen-bond acceptors (Lipinski definition) is 6. The fourth-order valence-corrected chi connectivity index (χ4v) is 1.61. The van der Waals surface area contributed by atoms with Crippen molar-refractivity contribution in [2.45, 2.75) is 13.8 Å². The van der Waals surface area contributed by atoms with Crippen LogP contribution in [0.3, 0.4) is 0 Å². The van der Waals surface area contributed by atoms with Crippen LogP contribution in [-0.4, -0.2) is 26.6 Å². The Labute approximate surface area is 116 Å². The summed E-state index contributed by atoms with van der Waals surface area (Å²) in [6.07, 6.45) is 2.89. The van der Waals surface area contributed by atoms with Gasteiger partial charge in [-0.1, -0.05) is 4.85 Å². The topological polar surface area (TPSA) is 120 Å². The van der Waals surface area contributed by atoms with Gasteiger partial charge >= 0.3 is 0 Å². The molecule has 0 saturated carbocycles. The van der Waals surface area contributed by atoms with E-state index in [2.05, 4.69) is 23.2 Å². The van der Waals surface area contributed by atoms with Gasteiger partial charge in [-0.05, 0) is 25.5 Å². The molecule has 20 heavy (non-hydrogen) atoms. The van der Waals surface area contributed by atoms with E-state index >= 15 is 0 Å². The summed E-state index contributed by atoms with van der Waals surface area (Å²) in [6, 6.07) is 0. The van der Waals surface area contributed by atoms with E-state index in [0.29, 0.717) is 33.1 Å². The van der Waals surface area contributed by atoms with Gasteiger partial charge in [0.05, 0.1) is 17.6 Å². The maximum Gasteiger partial charge on any atom is 0.189 e. The van der Waals surface area contributed by atoms with Crippen molar-refractivity contribution in [2.24, 2.45) is 10.7 Å². The van der Waals surface area contributed by atoms with E-state index in [1.165, 1.54) is 6.20 Å². The van der Waals surface area contributed by atoms with E-state index < -0.39 is 0 Å². The number of carbonyl (C=O) groups is 1. The molecule has 1 aliphatic carbocycles. The van der Waals surface area contributed by atoms with Gasteiger partial charge in [0, 0.05) is 5.57 Å². The molecular weight excluding hydrogens is 258 g/mol. The monoisotopic (exact) mass is 275 g/mol. The minimum atomic E-state index is -0.0997. The number of nitrogens with two attached hydrogens (primary N) is 2. The Morgan fingerprint density at radius 1 is 1.35 bits per heavy atom. The molecule has 7 heteroatoms. The standard InChI is InChI=1S/C11H13N5O2.C2H4/c1-5-3-7(9(12)6(2)10(5)17)15-8-4-14-16(18)11(8)13;1-2/h3-4,18H,12-13H2,1-2H3;1-2H2. The number of anilines is 1. The van der Waals surface area contributed by atoms with Crippen molar-refractivity contribution in [1.29, 1.82) is 0 Å². The minimum Gasteiger partial charge on any atom is -0.410 e. The zero-order valence-corrected chi connectivity index (χ0v) is 11.4. The number of Topliss-reactive ketones (excluding diaryl/α,β-unsaturated/α-hetero) is 1. The molecule has 0 amide bonds. The maximum absolute atomic E-state index is 11.7. The Hall–Kier alpha value is -2.83. The molecule has 0 saturated heterocycles. The predicted molar refractivity (Wildman–Crippen MR) is 77.8 cm³/mol. The van der Waals surface area contributed by atoms with Gasteiger partial charge < -0.3 is 16.7 Å². The van der Waals surface area contributed by atoms with Crippen LogP contribution in [0.5, 0.6) is 0 Å². The second kappa shape index (κ2) is 5.87. The van der Waals surface area contributed by atoms with Crippen LogP contribution < -0.4 is 11.5 Å². The van der Waals surface area contributed by atoms with Crippen LogP contribution in [0.15, 0.2) is 47.3 Å². The first-order valence-electron chi connectivity index (χ1n) is 5.73. The van der Waals surface area contributed by atoms with Crippen LogP contribution >= 0.6 is 0 Å². The Bertz CT molecular complexity index is 637. The lowest BCUT2D eigenvalue weighted by atomic mass is 9.95. The van der Waals surface area contributed by atoms with Crippen LogP contribution in [0, 0.1) is 0 Å². The number of hydrogen-bond donors (Lipinski definition) is 3. The fraction of sp³-hybridized carbons (Fsp3) is 0.154. The van der Waals surface area contributed by atoms with Gasteiger partial charge in [-0.25, -0.2) is 4.99 Å². The Morgan fingerprint density at radius 3 is 2.45 bits per heavy atom. The smallest absolute Gasteiger partial charge is 0.189 e. The van der Waals surface area contributed by atoms with Gasteiger partial charge in [0.15, 0.2) is 11.6 Å². The van der Waals surface area contributed by atoms with Crippen LogP contribution in [0.25, 0.3) is 0 Å². The van der Waals surface area contributed by atoms with E-state index in [9.17, 15) is 10.0 Å². The molecule has 1 aliphatic rings. The highest BCUT2D eigenvalue weighted by Crippen LogP contribution is 2.23. The predicted octanol–water partition coefficient (Wildman–Crippen LogP) is 1.34. The highest BCUT2D eigenvalue weighted by molar-refractivity contribution is 6.24. The molecule has 0 spiro atoms. The third-order valence-corrected chi connectivity index (χ3v) is 2.74. The van der Waals surface area contributed by atoms with Gasteiger partial charge in [0.1, 0.15) is 5.69 Å². The average molecular weight is 275 g/mol. The van der Waals surface area contributed by atoms with E-state index in [1.807, 2.05) is 0 Å². The Balaban J connectivity index is 0.000000956. The summed E-state index contributed by atoms with van der Waals surface area (Å²) in [5.41, 5.74) is 13.4. The molecule has 0 bridgehead atoms.